The Morgan fingerprint density at radius 1 is 1.38 bits per heavy atom. The molecule has 0 radical (unpaired) electrons. The number of para-hydroxylation sites is 1. The van der Waals surface area contributed by atoms with Crippen LogP contribution in [0.4, 0.5) is 5.00 Å². The van der Waals surface area contributed by atoms with Gasteiger partial charge in [-0.1, -0.05) is 18.2 Å². The summed E-state index contributed by atoms with van der Waals surface area (Å²) >= 11 is 0.959. The second kappa shape index (κ2) is 6.36. The van der Waals surface area contributed by atoms with Crippen molar-refractivity contribution in [1.82, 2.24) is 4.37 Å². The molecule has 1 amide bonds. The standard InChI is InChI=1S/C14H14N2O4S/c1-8-12(14(18)19)13(21-16-8)15-11(17)7-9-5-3-4-6-10(9)20-2/h3-6H,7H2,1-2H3,(H,15,17)(H,18,19). The van der Waals surface area contributed by atoms with E-state index in [1.54, 1.807) is 19.1 Å². The highest BCUT2D eigenvalue weighted by atomic mass is 32.1. The molecule has 2 aromatic rings. The molecule has 110 valence electrons. The quantitative estimate of drug-likeness (QED) is 0.885. The van der Waals surface area contributed by atoms with Crippen LogP contribution in [-0.2, 0) is 11.2 Å². The van der Waals surface area contributed by atoms with Crippen molar-refractivity contribution in [2.45, 2.75) is 13.3 Å². The van der Waals surface area contributed by atoms with E-state index in [9.17, 15) is 9.59 Å². The van der Waals surface area contributed by atoms with E-state index in [4.69, 9.17) is 9.84 Å². The lowest BCUT2D eigenvalue weighted by Gasteiger charge is -2.08. The Balaban J connectivity index is 2.14. The normalized spacial score (nSPS) is 10.2. The summed E-state index contributed by atoms with van der Waals surface area (Å²) in [4.78, 5) is 23.2. The summed E-state index contributed by atoms with van der Waals surface area (Å²) in [5, 5.41) is 12.0. The molecule has 0 saturated heterocycles. The van der Waals surface area contributed by atoms with Crippen LogP contribution in [0.25, 0.3) is 0 Å². The van der Waals surface area contributed by atoms with Gasteiger partial charge in [-0.25, -0.2) is 4.79 Å². The van der Waals surface area contributed by atoms with Crippen molar-refractivity contribution in [3.05, 3.63) is 41.1 Å². The van der Waals surface area contributed by atoms with Crippen molar-refractivity contribution in [3.63, 3.8) is 0 Å². The summed E-state index contributed by atoms with van der Waals surface area (Å²) in [5.74, 6) is -0.800. The molecule has 0 fully saturated rings. The summed E-state index contributed by atoms with van der Waals surface area (Å²) in [5.41, 5.74) is 1.16. The molecule has 7 heteroatoms. The lowest BCUT2D eigenvalue weighted by Crippen LogP contribution is -2.16. The number of methoxy groups -OCH3 is 1. The average Bonchev–Trinajstić information content (AvgIpc) is 2.80. The number of amides is 1. The Bertz CT molecular complexity index is 681. The zero-order valence-electron chi connectivity index (χ0n) is 11.5. The van der Waals surface area contributed by atoms with Crippen molar-refractivity contribution in [3.8, 4) is 5.75 Å². The fourth-order valence-corrected chi connectivity index (χ4v) is 2.70. The second-order valence-electron chi connectivity index (χ2n) is 4.31. The average molecular weight is 306 g/mol. The summed E-state index contributed by atoms with van der Waals surface area (Å²) in [6.45, 7) is 1.59. The Morgan fingerprint density at radius 3 is 2.76 bits per heavy atom. The van der Waals surface area contributed by atoms with Gasteiger partial charge in [0, 0.05) is 5.56 Å². The van der Waals surface area contributed by atoms with Crippen LogP contribution in [0.1, 0.15) is 21.6 Å². The molecule has 2 N–H and O–H groups in total. The molecule has 0 aliphatic heterocycles. The van der Waals surface area contributed by atoms with Gasteiger partial charge in [-0.05, 0) is 24.5 Å². The number of benzene rings is 1. The highest BCUT2D eigenvalue weighted by Gasteiger charge is 2.19. The molecule has 0 atom stereocenters. The van der Waals surface area contributed by atoms with Crippen LogP contribution in [0, 0.1) is 6.92 Å². The van der Waals surface area contributed by atoms with Gasteiger partial charge in [0.05, 0.1) is 19.2 Å². The summed E-state index contributed by atoms with van der Waals surface area (Å²) in [6, 6.07) is 7.18. The zero-order chi connectivity index (χ0) is 15.4. The zero-order valence-corrected chi connectivity index (χ0v) is 12.4. The van der Waals surface area contributed by atoms with Gasteiger partial charge in [-0.3, -0.25) is 4.79 Å². The lowest BCUT2D eigenvalue weighted by molar-refractivity contribution is -0.115. The van der Waals surface area contributed by atoms with Gasteiger partial charge in [0.2, 0.25) is 5.91 Å². The molecule has 1 heterocycles. The third-order valence-corrected chi connectivity index (χ3v) is 3.73. The molecule has 21 heavy (non-hydrogen) atoms. The molecule has 6 nitrogen and oxygen atoms in total. The van der Waals surface area contributed by atoms with Gasteiger partial charge >= 0.3 is 5.97 Å². The van der Waals surface area contributed by atoms with E-state index in [1.165, 1.54) is 7.11 Å². The number of carbonyl (C=O) groups is 2. The number of hydrogen-bond donors (Lipinski definition) is 2. The molecule has 1 aromatic heterocycles. The van der Waals surface area contributed by atoms with Gasteiger partial charge < -0.3 is 15.2 Å². The number of aromatic carboxylic acids is 1. The van der Waals surface area contributed by atoms with Gasteiger partial charge in [0.1, 0.15) is 16.3 Å². The van der Waals surface area contributed by atoms with E-state index in [1.807, 2.05) is 12.1 Å². The number of aryl methyl sites for hydroxylation is 1. The fraction of sp³-hybridized carbons (Fsp3) is 0.214. The van der Waals surface area contributed by atoms with Crippen LogP contribution in [0.3, 0.4) is 0 Å². The van der Waals surface area contributed by atoms with E-state index in [0.717, 1.165) is 17.1 Å². The third kappa shape index (κ3) is 3.38. The van der Waals surface area contributed by atoms with Crippen LogP contribution < -0.4 is 10.1 Å². The van der Waals surface area contributed by atoms with Crippen molar-refractivity contribution in [2.75, 3.05) is 12.4 Å². The maximum absolute atomic E-state index is 12.1. The number of carbonyl (C=O) groups excluding carboxylic acids is 1. The summed E-state index contributed by atoms with van der Waals surface area (Å²) in [6.07, 6.45) is 0.0972. The molecule has 0 spiro atoms. The predicted molar refractivity (Wildman–Crippen MR) is 79.1 cm³/mol. The number of carboxylic acid groups (broad SMARTS) is 1. The number of anilines is 1. The number of nitrogens with one attached hydrogen (secondary N) is 1. The third-order valence-electron chi connectivity index (χ3n) is 2.87. The van der Waals surface area contributed by atoms with Gasteiger partial charge in [0.15, 0.2) is 0 Å². The van der Waals surface area contributed by atoms with Crippen molar-refractivity contribution in [2.24, 2.45) is 0 Å². The summed E-state index contributed by atoms with van der Waals surface area (Å²) in [7, 11) is 1.53. The summed E-state index contributed by atoms with van der Waals surface area (Å²) < 4.78 is 9.13. The Morgan fingerprint density at radius 2 is 2.10 bits per heavy atom. The largest absolute Gasteiger partial charge is 0.496 e. The van der Waals surface area contributed by atoms with Crippen LogP contribution in [0.15, 0.2) is 24.3 Å². The number of nitrogens with zero attached hydrogens (tertiary/aromatic N) is 1. The van der Waals surface area contributed by atoms with Crippen LogP contribution in [-0.4, -0.2) is 28.5 Å². The minimum atomic E-state index is -1.10. The Labute approximate surface area is 125 Å². The van der Waals surface area contributed by atoms with Gasteiger partial charge in [-0.2, -0.15) is 4.37 Å². The molecule has 0 aliphatic carbocycles. The number of aromatic nitrogens is 1. The van der Waals surface area contributed by atoms with Crippen LogP contribution in [0.5, 0.6) is 5.75 Å². The van der Waals surface area contributed by atoms with Gasteiger partial charge in [0.25, 0.3) is 0 Å². The smallest absolute Gasteiger partial charge is 0.340 e. The number of hydrogen-bond acceptors (Lipinski definition) is 5. The van der Waals surface area contributed by atoms with E-state index in [2.05, 4.69) is 9.69 Å². The maximum Gasteiger partial charge on any atom is 0.340 e. The minimum absolute atomic E-state index is 0.0355. The van der Waals surface area contributed by atoms with E-state index < -0.39 is 5.97 Å². The van der Waals surface area contributed by atoms with Crippen molar-refractivity contribution >= 4 is 28.4 Å². The molecule has 2 rings (SSSR count). The molecular formula is C14H14N2O4S. The molecule has 0 aliphatic rings. The van der Waals surface area contributed by atoms with Crippen LogP contribution >= 0.6 is 11.5 Å². The Hall–Kier alpha value is -2.41. The fourth-order valence-electron chi connectivity index (χ4n) is 1.90. The topological polar surface area (TPSA) is 88.5 Å². The number of rotatable bonds is 5. The maximum atomic E-state index is 12.1. The Kier molecular flexibility index (Phi) is 4.54. The first-order valence-electron chi connectivity index (χ1n) is 6.14. The highest BCUT2D eigenvalue weighted by molar-refractivity contribution is 7.11. The van der Waals surface area contributed by atoms with Crippen molar-refractivity contribution in [1.29, 1.82) is 0 Å². The highest BCUT2D eigenvalue weighted by Crippen LogP contribution is 2.25. The van der Waals surface area contributed by atoms with Gasteiger partial charge in [-0.15, -0.1) is 0 Å². The molecule has 0 bridgehead atoms. The number of carboxylic acids is 1. The lowest BCUT2D eigenvalue weighted by atomic mass is 10.1. The van der Waals surface area contributed by atoms with Crippen LogP contribution in [0.2, 0.25) is 0 Å². The molecule has 0 saturated carbocycles. The van der Waals surface area contributed by atoms with E-state index >= 15 is 0 Å². The second-order valence-corrected chi connectivity index (χ2v) is 5.09. The monoisotopic (exact) mass is 306 g/mol. The molecule has 1 aromatic carbocycles. The minimum Gasteiger partial charge on any atom is -0.496 e. The first-order valence-corrected chi connectivity index (χ1v) is 6.91. The molecular weight excluding hydrogens is 292 g/mol. The first-order chi connectivity index (χ1) is 10.0. The predicted octanol–water partition coefficient (Wildman–Crippen LogP) is 2.34. The van der Waals surface area contributed by atoms with E-state index in [0.29, 0.717) is 11.4 Å². The first kappa shape index (κ1) is 15.0. The SMILES string of the molecule is COc1ccccc1CC(=O)Nc1snc(C)c1C(=O)O. The molecule has 0 unspecified atom stereocenters. The van der Waals surface area contributed by atoms with E-state index in [-0.39, 0.29) is 22.9 Å². The number of ether oxygens (including phenoxy) is 1. The van der Waals surface area contributed by atoms with Crippen molar-refractivity contribution < 1.29 is 19.4 Å².